The van der Waals surface area contributed by atoms with Gasteiger partial charge < -0.3 is 14.4 Å². The van der Waals surface area contributed by atoms with Gasteiger partial charge in [0.2, 0.25) is 0 Å². The molecule has 1 rings (SSSR count). The first-order valence-electron chi connectivity index (χ1n) is 6.65. The van der Waals surface area contributed by atoms with Crippen molar-refractivity contribution in [3.8, 4) is 0 Å². The van der Waals surface area contributed by atoms with Crippen molar-refractivity contribution < 1.29 is 14.3 Å². The summed E-state index contributed by atoms with van der Waals surface area (Å²) < 4.78 is 10.1. The number of rotatable bonds is 7. The predicted octanol–water partition coefficient (Wildman–Crippen LogP) is 1.69. The minimum atomic E-state index is -0.0194. The maximum Gasteiger partial charge on any atom is 0.310 e. The second kappa shape index (κ2) is 8.48. The molecule has 100 valence electrons. The van der Waals surface area contributed by atoms with Crippen LogP contribution in [0.5, 0.6) is 0 Å². The molecule has 17 heavy (non-hydrogen) atoms. The molecule has 1 fully saturated rings. The van der Waals surface area contributed by atoms with Gasteiger partial charge in [0, 0.05) is 20.3 Å². The van der Waals surface area contributed by atoms with Gasteiger partial charge in [-0.2, -0.15) is 0 Å². The summed E-state index contributed by atoms with van der Waals surface area (Å²) in [4.78, 5) is 14.0. The maximum absolute atomic E-state index is 11.7. The number of likely N-dealkylation sites (tertiary alicyclic amines) is 1. The van der Waals surface area contributed by atoms with E-state index in [4.69, 9.17) is 9.47 Å². The zero-order valence-corrected chi connectivity index (χ0v) is 11.1. The number of nitrogens with zero attached hydrogens (tertiary/aromatic N) is 1. The Balaban J connectivity index is 2.21. The Morgan fingerprint density at radius 2 is 2.24 bits per heavy atom. The summed E-state index contributed by atoms with van der Waals surface area (Å²) in [6, 6.07) is 0. The molecule has 1 heterocycles. The highest BCUT2D eigenvalue weighted by Crippen LogP contribution is 2.18. The van der Waals surface area contributed by atoms with Crippen LogP contribution in [0.2, 0.25) is 0 Å². The SMILES string of the molecule is CCOC(=O)[C@@H]1CCCN(CCCCOC)C1. The zero-order valence-electron chi connectivity index (χ0n) is 11.1. The van der Waals surface area contributed by atoms with E-state index in [2.05, 4.69) is 4.90 Å². The molecule has 0 spiro atoms. The summed E-state index contributed by atoms with van der Waals surface area (Å²) >= 11 is 0. The quantitative estimate of drug-likeness (QED) is 0.504. The van der Waals surface area contributed by atoms with Gasteiger partial charge in [0.05, 0.1) is 12.5 Å². The standard InChI is InChI=1S/C13H25NO3/c1-3-17-13(15)12-7-6-9-14(11-12)8-4-5-10-16-2/h12H,3-11H2,1-2H3/t12-/m1/s1. The minimum Gasteiger partial charge on any atom is -0.466 e. The van der Waals surface area contributed by atoms with Crippen molar-refractivity contribution in [3.05, 3.63) is 0 Å². The average molecular weight is 243 g/mol. The molecule has 1 aliphatic heterocycles. The molecule has 0 unspecified atom stereocenters. The van der Waals surface area contributed by atoms with Crippen molar-refractivity contribution in [2.75, 3.05) is 40.0 Å². The van der Waals surface area contributed by atoms with Crippen LogP contribution in [0.3, 0.4) is 0 Å². The van der Waals surface area contributed by atoms with E-state index in [-0.39, 0.29) is 11.9 Å². The largest absolute Gasteiger partial charge is 0.466 e. The topological polar surface area (TPSA) is 38.8 Å². The van der Waals surface area contributed by atoms with Crippen molar-refractivity contribution in [1.29, 1.82) is 0 Å². The average Bonchev–Trinajstić information content (AvgIpc) is 2.35. The molecule has 4 nitrogen and oxygen atoms in total. The second-order valence-corrected chi connectivity index (χ2v) is 4.59. The molecular weight excluding hydrogens is 218 g/mol. The van der Waals surface area contributed by atoms with Crippen molar-refractivity contribution in [3.63, 3.8) is 0 Å². The Hall–Kier alpha value is -0.610. The van der Waals surface area contributed by atoms with Gasteiger partial charge >= 0.3 is 5.97 Å². The van der Waals surface area contributed by atoms with Gasteiger partial charge in [0.15, 0.2) is 0 Å². The minimum absolute atomic E-state index is 0.0194. The molecule has 0 saturated carbocycles. The van der Waals surface area contributed by atoms with Crippen LogP contribution in [-0.4, -0.2) is 50.8 Å². The fourth-order valence-corrected chi connectivity index (χ4v) is 2.29. The Morgan fingerprint density at radius 1 is 1.41 bits per heavy atom. The van der Waals surface area contributed by atoms with Gasteiger partial charge in [-0.1, -0.05) is 0 Å². The van der Waals surface area contributed by atoms with Crippen LogP contribution in [0.1, 0.15) is 32.6 Å². The third-order valence-electron chi connectivity index (χ3n) is 3.20. The predicted molar refractivity (Wildman–Crippen MR) is 66.9 cm³/mol. The third kappa shape index (κ3) is 5.50. The van der Waals surface area contributed by atoms with E-state index in [9.17, 15) is 4.79 Å². The normalized spacial score (nSPS) is 21.4. The summed E-state index contributed by atoms with van der Waals surface area (Å²) in [7, 11) is 1.73. The molecule has 0 aliphatic carbocycles. The van der Waals surface area contributed by atoms with Crippen LogP contribution in [-0.2, 0) is 14.3 Å². The van der Waals surface area contributed by atoms with Gasteiger partial charge in [-0.05, 0) is 45.7 Å². The Kier molecular flexibility index (Phi) is 7.21. The lowest BCUT2D eigenvalue weighted by Gasteiger charge is -2.31. The highest BCUT2D eigenvalue weighted by molar-refractivity contribution is 5.72. The van der Waals surface area contributed by atoms with Crippen molar-refractivity contribution in [1.82, 2.24) is 4.90 Å². The molecular formula is C13H25NO3. The Bertz CT molecular complexity index is 221. The first-order chi connectivity index (χ1) is 8.27. The fraction of sp³-hybridized carbons (Fsp3) is 0.923. The van der Waals surface area contributed by atoms with Crippen molar-refractivity contribution in [2.45, 2.75) is 32.6 Å². The van der Waals surface area contributed by atoms with Crippen LogP contribution < -0.4 is 0 Å². The van der Waals surface area contributed by atoms with E-state index in [0.717, 1.165) is 51.9 Å². The lowest BCUT2D eigenvalue weighted by molar-refractivity contribution is -0.149. The summed E-state index contributed by atoms with van der Waals surface area (Å²) in [5, 5.41) is 0. The summed E-state index contributed by atoms with van der Waals surface area (Å²) in [5.74, 6) is 0.0696. The first kappa shape index (κ1) is 14.5. The number of piperidine rings is 1. The van der Waals surface area contributed by atoms with E-state index in [1.807, 2.05) is 6.92 Å². The van der Waals surface area contributed by atoms with Crippen molar-refractivity contribution >= 4 is 5.97 Å². The van der Waals surface area contributed by atoms with Crippen LogP contribution >= 0.6 is 0 Å². The second-order valence-electron chi connectivity index (χ2n) is 4.59. The summed E-state index contributed by atoms with van der Waals surface area (Å²) in [6.07, 6.45) is 4.32. The molecule has 0 bridgehead atoms. The molecule has 1 atom stereocenters. The highest BCUT2D eigenvalue weighted by atomic mass is 16.5. The lowest BCUT2D eigenvalue weighted by atomic mass is 9.98. The van der Waals surface area contributed by atoms with E-state index in [1.54, 1.807) is 7.11 Å². The van der Waals surface area contributed by atoms with E-state index in [0.29, 0.717) is 6.61 Å². The number of carbonyl (C=O) groups excluding carboxylic acids is 1. The Morgan fingerprint density at radius 3 is 2.94 bits per heavy atom. The zero-order chi connectivity index (χ0) is 12.5. The van der Waals surface area contributed by atoms with Crippen LogP contribution in [0, 0.1) is 5.92 Å². The lowest BCUT2D eigenvalue weighted by Crippen LogP contribution is -2.39. The first-order valence-corrected chi connectivity index (χ1v) is 6.65. The van der Waals surface area contributed by atoms with E-state index in [1.165, 1.54) is 0 Å². The number of methoxy groups -OCH3 is 1. The third-order valence-corrected chi connectivity index (χ3v) is 3.20. The van der Waals surface area contributed by atoms with Gasteiger partial charge in [-0.3, -0.25) is 4.79 Å². The number of esters is 1. The summed E-state index contributed by atoms with van der Waals surface area (Å²) in [6.45, 7) is 6.23. The number of hydrogen-bond acceptors (Lipinski definition) is 4. The van der Waals surface area contributed by atoms with Gasteiger partial charge in [0.25, 0.3) is 0 Å². The smallest absolute Gasteiger partial charge is 0.310 e. The van der Waals surface area contributed by atoms with E-state index < -0.39 is 0 Å². The van der Waals surface area contributed by atoms with Crippen LogP contribution in [0.15, 0.2) is 0 Å². The molecule has 0 aromatic rings. The van der Waals surface area contributed by atoms with Crippen LogP contribution in [0.25, 0.3) is 0 Å². The number of carbonyl (C=O) groups is 1. The van der Waals surface area contributed by atoms with E-state index >= 15 is 0 Å². The number of ether oxygens (including phenoxy) is 2. The molecule has 1 saturated heterocycles. The molecule has 4 heteroatoms. The van der Waals surface area contributed by atoms with Crippen molar-refractivity contribution in [2.24, 2.45) is 5.92 Å². The summed E-state index contributed by atoms with van der Waals surface area (Å²) in [5.41, 5.74) is 0. The monoisotopic (exact) mass is 243 g/mol. The molecule has 0 radical (unpaired) electrons. The van der Waals surface area contributed by atoms with Crippen LogP contribution in [0.4, 0.5) is 0 Å². The number of unbranched alkanes of at least 4 members (excludes halogenated alkanes) is 1. The molecule has 0 N–H and O–H groups in total. The van der Waals surface area contributed by atoms with Gasteiger partial charge in [-0.25, -0.2) is 0 Å². The molecule has 1 aliphatic rings. The molecule has 0 amide bonds. The van der Waals surface area contributed by atoms with Gasteiger partial charge in [0.1, 0.15) is 0 Å². The molecule has 0 aromatic carbocycles. The van der Waals surface area contributed by atoms with Gasteiger partial charge in [-0.15, -0.1) is 0 Å². The Labute approximate surface area is 104 Å². The maximum atomic E-state index is 11.7. The highest BCUT2D eigenvalue weighted by Gasteiger charge is 2.26. The fourth-order valence-electron chi connectivity index (χ4n) is 2.29. The number of hydrogen-bond donors (Lipinski definition) is 0. The molecule has 0 aromatic heterocycles.